The number of ether oxygens (including phenoxy) is 2. The molecule has 0 bridgehead atoms. The number of carbonyl (C=O) groups excluding carboxylic acids is 1. The third-order valence-electron chi connectivity index (χ3n) is 6.25. The molecule has 4 aromatic rings. The van der Waals surface area contributed by atoms with Gasteiger partial charge in [0.05, 0.1) is 12.2 Å². The van der Waals surface area contributed by atoms with Gasteiger partial charge in [0.25, 0.3) is 0 Å². The second kappa shape index (κ2) is 12.5. The molecule has 4 rings (SSSR count). The molecule has 0 N–H and O–H groups in total. The van der Waals surface area contributed by atoms with Crippen molar-refractivity contribution in [3.8, 4) is 33.8 Å². The largest absolute Gasteiger partial charge is 0.493 e. The summed E-state index contributed by atoms with van der Waals surface area (Å²) in [5.74, 6) is -3.03. The Morgan fingerprint density at radius 3 is 1.87 bits per heavy atom. The van der Waals surface area contributed by atoms with Crippen molar-refractivity contribution in [3.63, 3.8) is 0 Å². The normalized spacial score (nSPS) is 10.9. The number of hydrogen-bond donors (Lipinski definition) is 0. The Hall–Kier alpha value is -4.06. The summed E-state index contributed by atoms with van der Waals surface area (Å²) in [6.07, 6.45) is 4.16. The van der Waals surface area contributed by atoms with Crippen LogP contribution in [0.5, 0.6) is 11.5 Å². The second-order valence-corrected chi connectivity index (χ2v) is 9.12. The smallest absolute Gasteiger partial charge is 0.346 e. The summed E-state index contributed by atoms with van der Waals surface area (Å²) in [5.41, 5.74) is 2.03. The van der Waals surface area contributed by atoms with Gasteiger partial charge in [-0.3, -0.25) is 0 Å². The first-order valence-electron chi connectivity index (χ1n) is 12.7. The lowest BCUT2D eigenvalue weighted by atomic mass is 9.98. The number of benzene rings is 4. The minimum atomic E-state index is -0.970. The Kier molecular flexibility index (Phi) is 8.85. The van der Waals surface area contributed by atoms with Gasteiger partial charge in [-0.15, -0.1) is 0 Å². The molecule has 4 aromatic carbocycles. The van der Waals surface area contributed by atoms with E-state index in [1.54, 1.807) is 12.1 Å². The minimum absolute atomic E-state index is 0.0764. The predicted molar refractivity (Wildman–Crippen MR) is 143 cm³/mol. The highest BCUT2D eigenvalue weighted by atomic mass is 19.2. The molecule has 0 atom stereocenters. The molecule has 0 unspecified atom stereocenters. The van der Waals surface area contributed by atoms with Gasteiger partial charge in [-0.1, -0.05) is 80.3 Å². The maximum atomic E-state index is 14.9. The third kappa shape index (κ3) is 6.43. The average molecular weight is 519 g/mol. The van der Waals surface area contributed by atoms with Gasteiger partial charge in [0, 0.05) is 17.2 Å². The minimum Gasteiger partial charge on any atom is -0.493 e. The van der Waals surface area contributed by atoms with Gasteiger partial charge in [0.2, 0.25) is 0 Å². The lowest BCUT2D eigenvalue weighted by Gasteiger charge is -2.11. The summed E-state index contributed by atoms with van der Waals surface area (Å²) in [4.78, 5) is 12.5. The van der Waals surface area contributed by atoms with Crippen LogP contribution in [0.1, 0.15) is 48.5 Å². The van der Waals surface area contributed by atoms with Crippen LogP contribution in [0.15, 0.2) is 78.9 Å². The number of unbranched alkanes of at least 4 members (excludes halogenated alkanes) is 3. The van der Waals surface area contributed by atoms with Crippen molar-refractivity contribution >= 4 is 5.97 Å². The Morgan fingerprint density at radius 1 is 0.711 bits per heavy atom. The Bertz CT molecular complexity index is 1400. The van der Waals surface area contributed by atoms with Gasteiger partial charge in [-0.2, -0.15) is 0 Å². The van der Waals surface area contributed by atoms with Crippen LogP contribution < -0.4 is 9.47 Å². The molecular formula is C32H29F3O3. The van der Waals surface area contributed by atoms with E-state index in [1.165, 1.54) is 48.5 Å². The molecule has 0 heterocycles. The van der Waals surface area contributed by atoms with Gasteiger partial charge in [-0.25, -0.2) is 18.0 Å². The summed E-state index contributed by atoms with van der Waals surface area (Å²) in [6.45, 7) is 4.52. The number of rotatable bonds is 10. The Balaban J connectivity index is 1.42. The molecule has 0 saturated heterocycles. The van der Waals surface area contributed by atoms with Crippen LogP contribution in [0.25, 0.3) is 22.3 Å². The van der Waals surface area contributed by atoms with Gasteiger partial charge in [0.1, 0.15) is 17.3 Å². The van der Waals surface area contributed by atoms with E-state index in [9.17, 15) is 18.0 Å². The van der Waals surface area contributed by atoms with Crippen LogP contribution in [0.3, 0.4) is 0 Å². The highest BCUT2D eigenvalue weighted by Crippen LogP contribution is 2.32. The van der Waals surface area contributed by atoms with Crippen molar-refractivity contribution in [1.82, 2.24) is 0 Å². The fraction of sp³-hybridized carbons (Fsp3) is 0.219. The van der Waals surface area contributed by atoms with Gasteiger partial charge < -0.3 is 9.47 Å². The first-order valence-corrected chi connectivity index (χ1v) is 12.7. The van der Waals surface area contributed by atoms with Crippen molar-refractivity contribution in [3.05, 3.63) is 107 Å². The summed E-state index contributed by atoms with van der Waals surface area (Å²) < 4.78 is 55.2. The van der Waals surface area contributed by atoms with Crippen molar-refractivity contribution in [2.75, 3.05) is 6.61 Å². The molecule has 38 heavy (non-hydrogen) atoms. The molecule has 0 aliphatic heterocycles. The molecule has 0 saturated carbocycles. The Morgan fingerprint density at radius 2 is 1.29 bits per heavy atom. The molecule has 0 spiro atoms. The Labute approximate surface area is 220 Å². The van der Waals surface area contributed by atoms with Crippen molar-refractivity contribution in [2.45, 2.75) is 39.5 Å². The van der Waals surface area contributed by atoms with Crippen LogP contribution >= 0.6 is 0 Å². The topological polar surface area (TPSA) is 35.5 Å². The van der Waals surface area contributed by atoms with E-state index < -0.39 is 23.4 Å². The predicted octanol–water partition coefficient (Wildman–Crippen LogP) is 8.92. The van der Waals surface area contributed by atoms with Crippen LogP contribution in [0.4, 0.5) is 13.2 Å². The number of halogens is 3. The van der Waals surface area contributed by atoms with Crippen molar-refractivity contribution < 1.29 is 27.4 Å². The van der Waals surface area contributed by atoms with E-state index in [2.05, 4.69) is 6.92 Å². The zero-order chi connectivity index (χ0) is 27.1. The lowest BCUT2D eigenvalue weighted by Crippen LogP contribution is -2.11. The van der Waals surface area contributed by atoms with Crippen molar-refractivity contribution in [2.24, 2.45) is 0 Å². The van der Waals surface area contributed by atoms with Crippen LogP contribution in [-0.2, 0) is 0 Å². The molecule has 0 amide bonds. The van der Waals surface area contributed by atoms with Gasteiger partial charge >= 0.3 is 5.97 Å². The molecule has 0 aliphatic carbocycles. The lowest BCUT2D eigenvalue weighted by molar-refractivity contribution is 0.0730. The zero-order valence-electron chi connectivity index (χ0n) is 21.4. The molecule has 0 fully saturated rings. The summed E-state index contributed by atoms with van der Waals surface area (Å²) >= 11 is 0. The summed E-state index contributed by atoms with van der Waals surface area (Å²) in [5, 5.41) is 0. The molecule has 6 heteroatoms. The first-order chi connectivity index (χ1) is 18.4. The monoisotopic (exact) mass is 518 g/mol. The van der Waals surface area contributed by atoms with E-state index in [1.807, 2.05) is 19.1 Å². The highest BCUT2D eigenvalue weighted by molar-refractivity contribution is 5.91. The van der Waals surface area contributed by atoms with E-state index in [-0.39, 0.29) is 22.4 Å². The maximum absolute atomic E-state index is 14.9. The van der Waals surface area contributed by atoms with Crippen LogP contribution in [0, 0.1) is 24.4 Å². The fourth-order valence-corrected chi connectivity index (χ4v) is 4.06. The average Bonchev–Trinajstić information content (AvgIpc) is 2.91. The molecule has 0 radical (unpaired) electrons. The highest BCUT2D eigenvalue weighted by Gasteiger charge is 2.18. The number of carbonyl (C=O) groups is 1. The molecule has 0 aromatic heterocycles. The van der Waals surface area contributed by atoms with E-state index in [0.29, 0.717) is 23.5 Å². The maximum Gasteiger partial charge on any atom is 0.346 e. The van der Waals surface area contributed by atoms with Crippen molar-refractivity contribution in [1.29, 1.82) is 0 Å². The fourth-order valence-electron chi connectivity index (χ4n) is 4.06. The molecular weight excluding hydrogens is 489 g/mol. The standard InChI is InChI=1S/C32H29F3O3/c1-3-4-5-6-19-37-25-15-16-28(29(33)20-25)32(36)38-24-13-11-23(12-14-24)27-18-17-26(30(34)31(27)35)22-9-7-21(2)8-10-22/h7-18,20H,3-6,19H2,1-2H3. The van der Waals surface area contributed by atoms with E-state index >= 15 is 0 Å². The van der Waals surface area contributed by atoms with Gasteiger partial charge in [0.15, 0.2) is 11.6 Å². The quantitative estimate of drug-likeness (QED) is 0.119. The summed E-state index contributed by atoms with van der Waals surface area (Å²) in [6, 6.07) is 20.1. The van der Waals surface area contributed by atoms with Gasteiger partial charge in [-0.05, 0) is 48.7 Å². The summed E-state index contributed by atoms with van der Waals surface area (Å²) in [7, 11) is 0. The van der Waals surface area contributed by atoms with E-state index in [4.69, 9.17) is 9.47 Å². The number of esters is 1. The van der Waals surface area contributed by atoms with E-state index in [0.717, 1.165) is 37.3 Å². The van der Waals surface area contributed by atoms with Crippen LogP contribution in [-0.4, -0.2) is 12.6 Å². The molecule has 196 valence electrons. The SMILES string of the molecule is CCCCCCOc1ccc(C(=O)Oc2ccc(-c3ccc(-c4ccc(C)cc4)c(F)c3F)cc2)c(F)c1. The second-order valence-electron chi connectivity index (χ2n) is 9.12. The molecule has 0 aliphatic rings. The number of hydrogen-bond acceptors (Lipinski definition) is 3. The third-order valence-corrected chi connectivity index (χ3v) is 6.25. The first kappa shape index (κ1) is 27.0. The van der Waals surface area contributed by atoms with Crippen LogP contribution in [0.2, 0.25) is 0 Å². The molecule has 3 nitrogen and oxygen atoms in total. The zero-order valence-corrected chi connectivity index (χ0v) is 21.4. The number of aryl methyl sites for hydroxylation is 1.